The summed E-state index contributed by atoms with van der Waals surface area (Å²) in [4.78, 5) is 0. The summed E-state index contributed by atoms with van der Waals surface area (Å²) >= 11 is 0. The van der Waals surface area contributed by atoms with Gasteiger partial charge in [-0.3, -0.25) is 0 Å². The van der Waals surface area contributed by atoms with E-state index < -0.39 is 0 Å². The van der Waals surface area contributed by atoms with Gasteiger partial charge in [-0.1, -0.05) is 0 Å². The lowest BCUT2D eigenvalue weighted by atomic mass is 9.73. The highest BCUT2D eigenvalue weighted by atomic mass is 16.5. The third-order valence-corrected chi connectivity index (χ3v) is 4.09. The summed E-state index contributed by atoms with van der Waals surface area (Å²) in [5, 5.41) is 10.2. The van der Waals surface area contributed by atoms with Crippen LogP contribution in [0.3, 0.4) is 0 Å². The molecular formula is C12H22O3. The number of aliphatic hydroxyl groups excluding tert-OH is 1. The first kappa shape index (κ1) is 11.4. The zero-order valence-corrected chi connectivity index (χ0v) is 9.58. The third kappa shape index (κ3) is 2.52. The van der Waals surface area contributed by atoms with Gasteiger partial charge in [-0.15, -0.1) is 0 Å². The Kier molecular flexibility index (Phi) is 3.65. The van der Waals surface area contributed by atoms with E-state index in [9.17, 15) is 5.11 Å². The maximum atomic E-state index is 10.2. The minimum absolute atomic E-state index is 0.00226. The van der Waals surface area contributed by atoms with E-state index in [2.05, 4.69) is 0 Å². The normalized spacial score (nSPS) is 28.4. The van der Waals surface area contributed by atoms with Crippen molar-refractivity contribution >= 4 is 0 Å². The second kappa shape index (κ2) is 4.81. The molecule has 0 radical (unpaired) electrons. The van der Waals surface area contributed by atoms with E-state index in [0.29, 0.717) is 5.92 Å². The zero-order valence-electron chi connectivity index (χ0n) is 9.58. The van der Waals surface area contributed by atoms with Gasteiger partial charge in [0, 0.05) is 26.7 Å². The van der Waals surface area contributed by atoms with Crippen LogP contribution < -0.4 is 0 Å². The Morgan fingerprint density at radius 1 is 1.40 bits per heavy atom. The van der Waals surface area contributed by atoms with Gasteiger partial charge in [0.05, 0.1) is 11.7 Å². The molecule has 2 rings (SSSR count). The lowest BCUT2D eigenvalue weighted by Gasteiger charge is -2.43. The molecule has 1 saturated heterocycles. The van der Waals surface area contributed by atoms with Crippen molar-refractivity contribution in [3.05, 3.63) is 0 Å². The van der Waals surface area contributed by atoms with Crippen LogP contribution in [-0.4, -0.2) is 37.1 Å². The molecule has 1 heterocycles. The van der Waals surface area contributed by atoms with E-state index in [4.69, 9.17) is 9.47 Å². The molecular weight excluding hydrogens is 192 g/mol. The SMILES string of the molecule is COC1(CC(O)C2CCOCC2)CCC1. The van der Waals surface area contributed by atoms with Crippen molar-refractivity contribution in [3.8, 4) is 0 Å². The first-order valence-electron chi connectivity index (χ1n) is 6.07. The molecule has 88 valence electrons. The fraction of sp³-hybridized carbons (Fsp3) is 1.00. The van der Waals surface area contributed by atoms with Gasteiger partial charge in [0.25, 0.3) is 0 Å². The van der Waals surface area contributed by atoms with Crippen molar-refractivity contribution in [2.24, 2.45) is 5.92 Å². The highest BCUT2D eigenvalue weighted by molar-refractivity contribution is 4.92. The van der Waals surface area contributed by atoms with Crippen molar-refractivity contribution < 1.29 is 14.6 Å². The minimum atomic E-state index is -0.200. The minimum Gasteiger partial charge on any atom is -0.393 e. The summed E-state index contributed by atoms with van der Waals surface area (Å²) in [5.74, 6) is 0.423. The summed E-state index contributed by atoms with van der Waals surface area (Å²) in [7, 11) is 1.77. The predicted molar refractivity (Wildman–Crippen MR) is 57.8 cm³/mol. The summed E-state index contributed by atoms with van der Waals surface area (Å²) in [6.45, 7) is 1.61. The van der Waals surface area contributed by atoms with Crippen LogP contribution in [0.2, 0.25) is 0 Å². The van der Waals surface area contributed by atoms with Gasteiger partial charge in [-0.2, -0.15) is 0 Å². The van der Waals surface area contributed by atoms with Crippen molar-refractivity contribution in [1.29, 1.82) is 0 Å². The van der Waals surface area contributed by atoms with Crippen molar-refractivity contribution in [3.63, 3.8) is 0 Å². The van der Waals surface area contributed by atoms with Crippen molar-refractivity contribution in [2.45, 2.75) is 50.2 Å². The standard InChI is InChI=1S/C12H22O3/c1-14-12(5-2-6-12)9-11(13)10-3-7-15-8-4-10/h10-11,13H,2-9H2,1H3. The number of ether oxygens (including phenoxy) is 2. The molecule has 0 aromatic carbocycles. The molecule has 1 aliphatic heterocycles. The predicted octanol–water partition coefficient (Wildman–Crippen LogP) is 1.73. The molecule has 3 nitrogen and oxygen atoms in total. The highest BCUT2D eigenvalue weighted by Gasteiger charge is 2.40. The molecule has 1 N–H and O–H groups in total. The fourth-order valence-electron chi connectivity index (χ4n) is 2.71. The van der Waals surface area contributed by atoms with E-state index in [1.54, 1.807) is 7.11 Å². The second-order valence-corrected chi connectivity index (χ2v) is 4.96. The van der Waals surface area contributed by atoms with E-state index >= 15 is 0 Å². The highest BCUT2D eigenvalue weighted by Crippen LogP contribution is 2.40. The summed E-state index contributed by atoms with van der Waals surface area (Å²) in [5.41, 5.74) is -0.00226. The summed E-state index contributed by atoms with van der Waals surface area (Å²) < 4.78 is 10.8. The first-order valence-corrected chi connectivity index (χ1v) is 6.07. The summed E-state index contributed by atoms with van der Waals surface area (Å²) in [6.07, 6.45) is 6.09. The number of hydrogen-bond acceptors (Lipinski definition) is 3. The van der Waals surface area contributed by atoms with E-state index in [0.717, 1.165) is 45.3 Å². The average Bonchev–Trinajstić information content (AvgIpc) is 2.24. The molecule has 1 saturated carbocycles. The Balaban J connectivity index is 1.82. The Labute approximate surface area is 91.8 Å². The molecule has 0 amide bonds. The first-order chi connectivity index (χ1) is 7.26. The lowest BCUT2D eigenvalue weighted by molar-refractivity contribution is -0.113. The van der Waals surface area contributed by atoms with Crippen molar-refractivity contribution in [2.75, 3.05) is 20.3 Å². The van der Waals surface area contributed by atoms with E-state index in [1.807, 2.05) is 0 Å². The molecule has 0 aromatic rings. The third-order valence-electron chi connectivity index (χ3n) is 4.09. The van der Waals surface area contributed by atoms with Crippen LogP contribution in [0, 0.1) is 5.92 Å². The van der Waals surface area contributed by atoms with Crippen molar-refractivity contribution in [1.82, 2.24) is 0 Å². The van der Waals surface area contributed by atoms with Crippen LogP contribution in [0.1, 0.15) is 38.5 Å². The van der Waals surface area contributed by atoms with Gasteiger partial charge in [0.15, 0.2) is 0 Å². The quantitative estimate of drug-likeness (QED) is 0.774. The summed E-state index contributed by atoms with van der Waals surface area (Å²) in [6, 6.07) is 0. The topological polar surface area (TPSA) is 38.7 Å². The smallest absolute Gasteiger partial charge is 0.0703 e. The molecule has 3 heteroatoms. The largest absolute Gasteiger partial charge is 0.393 e. The van der Waals surface area contributed by atoms with Crippen LogP contribution in [0.5, 0.6) is 0 Å². The fourth-order valence-corrected chi connectivity index (χ4v) is 2.71. The van der Waals surface area contributed by atoms with Crippen LogP contribution in [0.15, 0.2) is 0 Å². The van der Waals surface area contributed by atoms with Crippen LogP contribution in [0.4, 0.5) is 0 Å². The van der Waals surface area contributed by atoms with Crippen LogP contribution >= 0.6 is 0 Å². The maximum Gasteiger partial charge on any atom is 0.0703 e. The van der Waals surface area contributed by atoms with Gasteiger partial charge < -0.3 is 14.6 Å². The molecule has 0 aromatic heterocycles. The van der Waals surface area contributed by atoms with Gasteiger partial charge in [0.2, 0.25) is 0 Å². The number of aliphatic hydroxyl groups is 1. The lowest BCUT2D eigenvalue weighted by Crippen LogP contribution is -2.44. The molecule has 1 unspecified atom stereocenters. The second-order valence-electron chi connectivity index (χ2n) is 4.96. The Bertz CT molecular complexity index is 190. The van der Waals surface area contributed by atoms with E-state index in [-0.39, 0.29) is 11.7 Å². The monoisotopic (exact) mass is 214 g/mol. The Morgan fingerprint density at radius 3 is 2.53 bits per heavy atom. The van der Waals surface area contributed by atoms with Gasteiger partial charge in [0.1, 0.15) is 0 Å². The molecule has 2 fully saturated rings. The number of hydrogen-bond donors (Lipinski definition) is 1. The molecule has 1 aliphatic carbocycles. The number of rotatable bonds is 4. The molecule has 1 atom stereocenters. The van der Waals surface area contributed by atoms with Gasteiger partial charge >= 0.3 is 0 Å². The van der Waals surface area contributed by atoms with Crippen LogP contribution in [-0.2, 0) is 9.47 Å². The van der Waals surface area contributed by atoms with E-state index in [1.165, 1.54) is 6.42 Å². The number of methoxy groups -OCH3 is 1. The Hall–Kier alpha value is -0.120. The molecule has 0 spiro atoms. The zero-order chi connectivity index (χ0) is 10.7. The van der Waals surface area contributed by atoms with Gasteiger partial charge in [-0.05, 0) is 38.0 Å². The van der Waals surface area contributed by atoms with Crippen LogP contribution in [0.25, 0.3) is 0 Å². The van der Waals surface area contributed by atoms with Gasteiger partial charge in [-0.25, -0.2) is 0 Å². The Morgan fingerprint density at radius 2 is 2.07 bits per heavy atom. The maximum absolute atomic E-state index is 10.2. The molecule has 0 bridgehead atoms. The molecule has 2 aliphatic rings. The molecule has 15 heavy (non-hydrogen) atoms. The average molecular weight is 214 g/mol.